The maximum Gasteiger partial charge on any atom is 0.270 e. The summed E-state index contributed by atoms with van der Waals surface area (Å²) >= 11 is 6.19. The van der Waals surface area contributed by atoms with Gasteiger partial charge in [-0.05, 0) is 49.5 Å². The highest BCUT2D eigenvalue weighted by atomic mass is 35.5. The van der Waals surface area contributed by atoms with Crippen molar-refractivity contribution < 1.29 is 9.34 Å². The smallest absolute Gasteiger partial charge is 0.270 e. The molecule has 6 nitrogen and oxygen atoms in total. The van der Waals surface area contributed by atoms with Gasteiger partial charge in [-0.25, -0.2) is 0 Å². The van der Waals surface area contributed by atoms with E-state index in [-0.39, 0.29) is 5.69 Å². The Hall–Kier alpha value is -1.89. The van der Waals surface area contributed by atoms with Crippen LogP contribution in [0.25, 0.3) is 11.3 Å². The Morgan fingerprint density at radius 3 is 2.92 bits per heavy atom. The number of hydrogen-bond acceptors (Lipinski definition) is 5. The molecule has 2 fully saturated rings. The van der Waals surface area contributed by atoms with Gasteiger partial charge in [-0.1, -0.05) is 11.6 Å². The normalized spacial score (nSPS) is 23.6. The van der Waals surface area contributed by atoms with Crippen LogP contribution >= 0.6 is 11.6 Å². The fourth-order valence-corrected chi connectivity index (χ4v) is 4.22. The Labute approximate surface area is 150 Å². The van der Waals surface area contributed by atoms with Gasteiger partial charge in [-0.2, -0.15) is 0 Å². The van der Waals surface area contributed by atoms with Crippen molar-refractivity contribution in [2.75, 3.05) is 26.2 Å². The second-order valence-corrected chi connectivity index (χ2v) is 7.48. The van der Waals surface area contributed by atoms with E-state index < -0.39 is 4.92 Å². The second kappa shape index (κ2) is 6.44. The monoisotopic (exact) mass is 361 g/mol. The molecule has 1 N–H and O–H groups in total. The van der Waals surface area contributed by atoms with Gasteiger partial charge in [0.2, 0.25) is 0 Å². The SMILES string of the molecule is O=[N+]([O-])c1ccc(-c2ccc(CN3CCC4(CCNC4)C3)o2)c(Cl)c1. The molecule has 25 heavy (non-hydrogen) atoms. The van der Waals surface area contributed by atoms with Crippen LogP contribution < -0.4 is 5.32 Å². The zero-order chi connectivity index (χ0) is 17.4. The van der Waals surface area contributed by atoms with Crippen LogP contribution in [0.5, 0.6) is 0 Å². The van der Waals surface area contributed by atoms with Crippen LogP contribution in [0.3, 0.4) is 0 Å². The van der Waals surface area contributed by atoms with Crippen molar-refractivity contribution >= 4 is 17.3 Å². The number of nitrogens with zero attached hydrogens (tertiary/aromatic N) is 2. The minimum absolute atomic E-state index is 0.0203. The van der Waals surface area contributed by atoms with Gasteiger partial charge in [-0.3, -0.25) is 15.0 Å². The van der Waals surface area contributed by atoms with Crippen LogP contribution in [0.15, 0.2) is 34.7 Å². The molecule has 1 aromatic carbocycles. The number of nitro benzene ring substituents is 1. The number of likely N-dealkylation sites (tertiary alicyclic amines) is 1. The molecule has 1 unspecified atom stereocenters. The van der Waals surface area contributed by atoms with E-state index in [1.165, 1.54) is 25.0 Å². The third-order valence-electron chi connectivity index (χ3n) is 5.32. The first-order valence-corrected chi connectivity index (χ1v) is 8.89. The van der Waals surface area contributed by atoms with Crippen molar-refractivity contribution in [3.63, 3.8) is 0 Å². The Balaban J connectivity index is 1.46. The van der Waals surface area contributed by atoms with Gasteiger partial charge in [-0.15, -0.1) is 0 Å². The molecule has 2 aliphatic heterocycles. The van der Waals surface area contributed by atoms with Gasteiger partial charge < -0.3 is 9.73 Å². The van der Waals surface area contributed by atoms with Crippen molar-refractivity contribution in [1.82, 2.24) is 10.2 Å². The number of rotatable bonds is 4. The van der Waals surface area contributed by atoms with Crippen LogP contribution in [0.1, 0.15) is 18.6 Å². The van der Waals surface area contributed by atoms with Crippen LogP contribution in [0.4, 0.5) is 5.69 Å². The van der Waals surface area contributed by atoms with Gasteiger partial charge in [0.1, 0.15) is 11.5 Å². The zero-order valence-corrected chi connectivity index (χ0v) is 14.6. The number of hydrogen-bond donors (Lipinski definition) is 1. The molecular weight excluding hydrogens is 342 g/mol. The first-order valence-electron chi connectivity index (χ1n) is 8.51. The van der Waals surface area contributed by atoms with E-state index in [2.05, 4.69) is 10.2 Å². The van der Waals surface area contributed by atoms with Gasteiger partial charge >= 0.3 is 0 Å². The van der Waals surface area contributed by atoms with E-state index in [9.17, 15) is 10.1 Å². The Bertz CT molecular complexity index is 799. The molecule has 0 amide bonds. The Morgan fingerprint density at radius 1 is 1.32 bits per heavy atom. The van der Waals surface area contributed by atoms with Crippen LogP contribution in [0, 0.1) is 15.5 Å². The highest BCUT2D eigenvalue weighted by Crippen LogP contribution is 2.37. The lowest BCUT2D eigenvalue weighted by molar-refractivity contribution is -0.384. The molecule has 2 saturated heterocycles. The molecular formula is C18H20ClN3O3. The summed E-state index contributed by atoms with van der Waals surface area (Å²) in [6, 6.07) is 8.28. The molecule has 0 radical (unpaired) electrons. The molecule has 1 spiro atoms. The lowest BCUT2D eigenvalue weighted by Gasteiger charge is -2.22. The summed E-state index contributed by atoms with van der Waals surface area (Å²) in [5.41, 5.74) is 1.10. The average Bonchev–Trinajstić information content (AvgIpc) is 3.31. The summed E-state index contributed by atoms with van der Waals surface area (Å²) in [5, 5.41) is 14.6. The molecule has 1 atom stereocenters. The molecule has 132 valence electrons. The maximum absolute atomic E-state index is 10.8. The van der Waals surface area contributed by atoms with Crippen molar-refractivity contribution in [2.24, 2.45) is 5.41 Å². The Kier molecular flexibility index (Phi) is 4.27. The fraction of sp³-hybridized carbons (Fsp3) is 0.444. The second-order valence-electron chi connectivity index (χ2n) is 7.07. The van der Waals surface area contributed by atoms with E-state index in [1.807, 2.05) is 12.1 Å². The predicted octanol–water partition coefficient (Wildman–Crippen LogP) is 3.69. The molecule has 0 bridgehead atoms. The van der Waals surface area contributed by atoms with Crippen LogP contribution in [0.2, 0.25) is 5.02 Å². The molecule has 0 saturated carbocycles. The highest BCUT2D eigenvalue weighted by Gasteiger charge is 2.40. The molecule has 3 heterocycles. The first-order chi connectivity index (χ1) is 12.0. The quantitative estimate of drug-likeness (QED) is 0.664. The van der Waals surface area contributed by atoms with Crippen LogP contribution in [-0.4, -0.2) is 36.0 Å². The lowest BCUT2D eigenvalue weighted by atomic mass is 9.87. The summed E-state index contributed by atoms with van der Waals surface area (Å²) in [6.45, 7) is 5.22. The summed E-state index contributed by atoms with van der Waals surface area (Å²) < 4.78 is 5.95. The molecule has 2 aromatic rings. The topological polar surface area (TPSA) is 71.6 Å². The van der Waals surface area contributed by atoms with Crippen molar-refractivity contribution in [1.29, 1.82) is 0 Å². The number of nitrogens with one attached hydrogen (secondary N) is 1. The summed E-state index contributed by atoms with van der Waals surface area (Å²) in [7, 11) is 0. The van der Waals surface area contributed by atoms with Crippen molar-refractivity contribution in [3.8, 4) is 11.3 Å². The third-order valence-corrected chi connectivity index (χ3v) is 5.63. The van der Waals surface area contributed by atoms with E-state index >= 15 is 0 Å². The number of non-ortho nitro benzene ring substituents is 1. The molecule has 7 heteroatoms. The van der Waals surface area contributed by atoms with E-state index in [4.69, 9.17) is 16.0 Å². The molecule has 2 aliphatic rings. The Morgan fingerprint density at radius 2 is 2.20 bits per heavy atom. The predicted molar refractivity (Wildman–Crippen MR) is 95.6 cm³/mol. The van der Waals surface area contributed by atoms with Crippen molar-refractivity contribution in [2.45, 2.75) is 19.4 Å². The molecule has 1 aromatic heterocycles. The number of nitro groups is 1. The number of furan rings is 1. The third kappa shape index (κ3) is 3.29. The summed E-state index contributed by atoms with van der Waals surface area (Å²) in [5.74, 6) is 1.54. The summed E-state index contributed by atoms with van der Waals surface area (Å²) in [6.07, 6.45) is 2.49. The van der Waals surface area contributed by atoms with Crippen molar-refractivity contribution in [3.05, 3.63) is 51.2 Å². The minimum atomic E-state index is -0.454. The van der Waals surface area contributed by atoms with E-state index in [0.29, 0.717) is 21.8 Å². The van der Waals surface area contributed by atoms with Gasteiger partial charge in [0.15, 0.2) is 0 Å². The standard InChI is InChI=1S/C18H20ClN3O3/c19-16-9-13(22(23)24)1-3-15(16)17-4-2-14(25-17)10-21-8-6-18(12-21)5-7-20-11-18/h1-4,9,20H,5-8,10-12H2. The van der Waals surface area contributed by atoms with E-state index in [0.717, 1.165) is 38.5 Å². The highest BCUT2D eigenvalue weighted by molar-refractivity contribution is 6.33. The fourth-order valence-electron chi connectivity index (χ4n) is 3.95. The minimum Gasteiger partial charge on any atom is -0.460 e. The van der Waals surface area contributed by atoms with Gasteiger partial charge in [0, 0.05) is 30.8 Å². The van der Waals surface area contributed by atoms with E-state index in [1.54, 1.807) is 6.07 Å². The van der Waals surface area contributed by atoms with Gasteiger partial charge in [0.05, 0.1) is 16.5 Å². The largest absolute Gasteiger partial charge is 0.460 e. The first kappa shape index (κ1) is 16.6. The van der Waals surface area contributed by atoms with Crippen LogP contribution in [-0.2, 0) is 6.54 Å². The molecule has 0 aliphatic carbocycles. The summed E-state index contributed by atoms with van der Waals surface area (Å²) in [4.78, 5) is 12.8. The number of halogens is 1. The zero-order valence-electron chi connectivity index (χ0n) is 13.8. The lowest BCUT2D eigenvalue weighted by Crippen LogP contribution is -2.28. The maximum atomic E-state index is 10.8. The van der Waals surface area contributed by atoms with Gasteiger partial charge in [0.25, 0.3) is 5.69 Å². The molecule has 4 rings (SSSR count). The number of benzene rings is 1. The average molecular weight is 362 g/mol.